The van der Waals surface area contributed by atoms with Crippen LogP contribution in [-0.2, 0) is 17.8 Å². The Kier molecular flexibility index (Phi) is 7.78. The molecule has 1 aromatic heterocycles. The van der Waals surface area contributed by atoms with Crippen LogP contribution in [0.3, 0.4) is 0 Å². The zero-order valence-electron chi connectivity index (χ0n) is 16.3. The molecular formula is C22H31N3O2. The van der Waals surface area contributed by atoms with E-state index in [2.05, 4.69) is 41.4 Å². The lowest BCUT2D eigenvalue weighted by Crippen LogP contribution is -2.41. The van der Waals surface area contributed by atoms with Gasteiger partial charge in [-0.3, -0.25) is 4.99 Å². The third-order valence-electron chi connectivity index (χ3n) is 4.77. The predicted octanol–water partition coefficient (Wildman–Crippen LogP) is 3.72. The van der Waals surface area contributed by atoms with Crippen molar-refractivity contribution in [1.82, 2.24) is 10.2 Å². The van der Waals surface area contributed by atoms with E-state index in [1.54, 1.807) is 6.26 Å². The highest BCUT2D eigenvalue weighted by molar-refractivity contribution is 5.80. The summed E-state index contributed by atoms with van der Waals surface area (Å²) in [5.74, 6) is 2.59. The van der Waals surface area contributed by atoms with Gasteiger partial charge in [-0.05, 0) is 30.5 Å². The molecule has 146 valence electrons. The van der Waals surface area contributed by atoms with Crippen molar-refractivity contribution in [2.45, 2.75) is 32.8 Å². The molecule has 27 heavy (non-hydrogen) atoms. The maximum Gasteiger partial charge on any atom is 0.193 e. The van der Waals surface area contributed by atoms with Crippen LogP contribution >= 0.6 is 0 Å². The summed E-state index contributed by atoms with van der Waals surface area (Å²) in [5, 5.41) is 3.51. The summed E-state index contributed by atoms with van der Waals surface area (Å²) in [7, 11) is 0. The van der Waals surface area contributed by atoms with Crippen molar-refractivity contribution >= 4 is 5.96 Å². The van der Waals surface area contributed by atoms with Crippen molar-refractivity contribution in [2.75, 3.05) is 32.8 Å². The molecule has 1 aliphatic rings. The number of rotatable bonds is 9. The summed E-state index contributed by atoms with van der Waals surface area (Å²) in [6.07, 6.45) is 4.80. The maximum atomic E-state index is 5.94. The summed E-state index contributed by atoms with van der Waals surface area (Å²) in [5.41, 5.74) is 1.23. The average molecular weight is 370 g/mol. The van der Waals surface area contributed by atoms with Gasteiger partial charge in [0.1, 0.15) is 5.76 Å². The Balaban J connectivity index is 1.43. The minimum atomic E-state index is 0.562. The summed E-state index contributed by atoms with van der Waals surface area (Å²) in [4.78, 5) is 7.13. The van der Waals surface area contributed by atoms with Gasteiger partial charge >= 0.3 is 0 Å². The topological polar surface area (TPSA) is 50.0 Å². The number of nitrogens with zero attached hydrogens (tertiary/aromatic N) is 2. The van der Waals surface area contributed by atoms with Crippen LogP contribution in [0.1, 0.15) is 31.1 Å². The quantitative estimate of drug-likeness (QED) is 0.541. The first-order chi connectivity index (χ1) is 13.3. The summed E-state index contributed by atoms with van der Waals surface area (Å²) < 4.78 is 11.4. The van der Waals surface area contributed by atoms with Crippen molar-refractivity contribution < 1.29 is 9.15 Å². The van der Waals surface area contributed by atoms with Crippen molar-refractivity contribution in [3.8, 4) is 0 Å². The van der Waals surface area contributed by atoms with Gasteiger partial charge in [-0.1, -0.05) is 37.3 Å². The van der Waals surface area contributed by atoms with E-state index in [1.165, 1.54) is 5.56 Å². The first kappa shape index (κ1) is 19.5. The minimum Gasteiger partial charge on any atom is -0.469 e. The van der Waals surface area contributed by atoms with Gasteiger partial charge in [0.05, 0.1) is 19.5 Å². The molecule has 0 saturated carbocycles. The summed E-state index contributed by atoms with van der Waals surface area (Å²) in [6, 6.07) is 14.3. The molecule has 2 heterocycles. The van der Waals surface area contributed by atoms with Gasteiger partial charge in [0.15, 0.2) is 5.96 Å². The molecule has 5 heteroatoms. The molecule has 0 bridgehead atoms. The van der Waals surface area contributed by atoms with E-state index in [9.17, 15) is 0 Å². The van der Waals surface area contributed by atoms with Gasteiger partial charge in [-0.25, -0.2) is 0 Å². The predicted molar refractivity (Wildman–Crippen MR) is 109 cm³/mol. The highest BCUT2D eigenvalue weighted by atomic mass is 16.5. The number of guanidine groups is 1. The van der Waals surface area contributed by atoms with Crippen molar-refractivity contribution in [3.63, 3.8) is 0 Å². The van der Waals surface area contributed by atoms with Gasteiger partial charge in [0.2, 0.25) is 0 Å². The molecule has 2 aromatic rings. The van der Waals surface area contributed by atoms with Crippen LogP contribution < -0.4 is 5.32 Å². The number of hydrogen-bond acceptors (Lipinski definition) is 3. The molecule has 0 amide bonds. The Labute approximate surface area is 162 Å². The molecule has 0 spiro atoms. The Hall–Kier alpha value is -2.27. The zero-order chi connectivity index (χ0) is 18.7. The smallest absolute Gasteiger partial charge is 0.193 e. The fourth-order valence-electron chi connectivity index (χ4n) is 3.32. The Morgan fingerprint density at radius 2 is 2.15 bits per heavy atom. The van der Waals surface area contributed by atoms with Crippen LogP contribution in [0, 0.1) is 5.92 Å². The van der Waals surface area contributed by atoms with E-state index in [0.717, 1.165) is 63.8 Å². The highest BCUT2D eigenvalue weighted by Gasteiger charge is 2.25. The van der Waals surface area contributed by atoms with E-state index in [1.807, 2.05) is 18.2 Å². The average Bonchev–Trinajstić information content (AvgIpc) is 3.37. The number of benzene rings is 1. The number of ether oxygens (including phenoxy) is 1. The van der Waals surface area contributed by atoms with Crippen LogP contribution in [0.4, 0.5) is 0 Å². The number of likely N-dealkylation sites (tertiary alicyclic amines) is 1. The van der Waals surface area contributed by atoms with E-state index in [0.29, 0.717) is 12.5 Å². The zero-order valence-corrected chi connectivity index (χ0v) is 16.3. The maximum absolute atomic E-state index is 5.94. The van der Waals surface area contributed by atoms with Gasteiger partial charge in [-0.15, -0.1) is 0 Å². The Morgan fingerprint density at radius 3 is 2.93 bits per heavy atom. The molecule has 1 atom stereocenters. The Bertz CT molecular complexity index is 670. The minimum absolute atomic E-state index is 0.562. The standard InChI is InChI=1S/C22H31N3O2/c1-2-12-23-22(24-13-10-21-9-6-15-27-21)25-14-11-20(16-25)18-26-17-19-7-4-3-5-8-19/h3-9,15,20H,2,10-14,16-18H2,1H3,(H,23,24). The van der Waals surface area contributed by atoms with E-state index in [4.69, 9.17) is 14.1 Å². The van der Waals surface area contributed by atoms with Gasteiger partial charge < -0.3 is 19.4 Å². The van der Waals surface area contributed by atoms with Gasteiger partial charge in [0, 0.05) is 38.5 Å². The number of aliphatic imine (C=N–C) groups is 1. The van der Waals surface area contributed by atoms with Crippen LogP contribution in [0.15, 0.2) is 58.1 Å². The van der Waals surface area contributed by atoms with E-state index < -0.39 is 0 Å². The number of furan rings is 1. The number of nitrogens with one attached hydrogen (secondary N) is 1. The fraction of sp³-hybridized carbons (Fsp3) is 0.500. The first-order valence-corrected chi connectivity index (χ1v) is 10.0. The second-order valence-corrected chi connectivity index (χ2v) is 7.06. The molecule has 1 unspecified atom stereocenters. The van der Waals surface area contributed by atoms with Gasteiger partial charge in [-0.2, -0.15) is 0 Å². The number of hydrogen-bond donors (Lipinski definition) is 1. The van der Waals surface area contributed by atoms with Crippen molar-refractivity contribution in [2.24, 2.45) is 10.9 Å². The molecule has 1 saturated heterocycles. The van der Waals surface area contributed by atoms with E-state index >= 15 is 0 Å². The molecule has 0 aliphatic carbocycles. The second-order valence-electron chi connectivity index (χ2n) is 7.06. The van der Waals surface area contributed by atoms with Crippen LogP contribution in [-0.4, -0.2) is 43.6 Å². The van der Waals surface area contributed by atoms with Crippen LogP contribution in [0.25, 0.3) is 0 Å². The molecule has 1 aliphatic heterocycles. The molecule has 5 nitrogen and oxygen atoms in total. The monoisotopic (exact) mass is 369 g/mol. The lowest BCUT2D eigenvalue weighted by molar-refractivity contribution is 0.0906. The molecule has 1 N–H and O–H groups in total. The third-order valence-corrected chi connectivity index (χ3v) is 4.77. The van der Waals surface area contributed by atoms with Crippen molar-refractivity contribution in [3.05, 3.63) is 60.1 Å². The summed E-state index contributed by atoms with van der Waals surface area (Å²) >= 11 is 0. The summed E-state index contributed by atoms with van der Waals surface area (Å²) in [6.45, 7) is 7.39. The lowest BCUT2D eigenvalue weighted by Gasteiger charge is -2.22. The molecular weight excluding hydrogens is 338 g/mol. The van der Waals surface area contributed by atoms with Crippen LogP contribution in [0.5, 0.6) is 0 Å². The van der Waals surface area contributed by atoms with E-state index in [-0.39, 0.29) is 0 Å². The molecule has 0 radical (unpaired) electrons. The SMILES string of the molecule is CCCN=C(NCCc1ccco1)N1CCC(COCc2ccccc2)C1. The first-order valence-electron chi connectivity index (χ1n) is 10.0. The Morgan fingerprint density at radius 1 is 1.26 bits per heavy atom. The van der Waals surface area contributed by atoms with Crippen molar-refractivity contribution in [1.29, 1.82) is 0 Å². The molecule has 3 rings (SSSR count). The molecule has 1 aromatic carbocycles. The second kappa shape index (κ2) is 10.8. The highest BCUT2D eigenvalue weighted by Crippen LogP contribution is 2.17. The third kappa shape index (κ3) is 6.43. The van der Waals surface area contributed by atoms with Crippen LogP contribution in [0.2, 0.25) is 0 Å². The largest absolute Gasteiger partial charge is 0.469 e. The van der Waals surface area contributed by atoms with Gasteiger partial charge in [0.25, 0.3) is 0 Å². The molecule has 1 fully saturated rings. The fourth-order valence-corrected chi connectivity index (χ4v) is 3.32. The lowest BCUT2D eigenvalue weighted by atomic mass is 10.1. The normalized spacial score (nSPS) is 17.4.